The summed E-state index contributed by atoms with van der Waals surface area (Å²) in [4.78, 5) is 12.4. The van der Waals surface area contributed by atoms with Gasteiger partial charge in [0.2, 0.25) is 0 Å². The molecule has 1 N–H and O–H groups in total. The van der Waals surface area contributed by atoms with Crippen LogP contribution in [-0.4, -0.2) is 97.6 Å². The van der Waals surface area contributed by atoms with Gasteiger partial charge < -0.3 is 20.0 Å². The quantitative estimate of drug-likeness (QED) is 0.261. The van der Waals surface area contributed by atoms with Crippen molar-refractivity contribution in [2.45, 2.75) is 38.4 Å². The first-order valence-electron chi connectivity index (χ1n) is 9.78. The topological polar surface area (TPSA) is 34.1 Å². The molecule has 0 saturated carbocycles. The molecule has 1 atom stereocenters. The van der Waals surface area contributed by atoms with Gasteiger partial charge in [0.1, 0.15) is 0 Å². The standard InChI is InChI=1S/C18H37N5S.HI/c1-4-17-16-23(14-15-24-17)18(19-5-2)20-8-6-7-9-22-12-10-21(3)11-13-22;/h17H,4-16H2,1-3H3,(H,19,20);1H. The highest BCUT2D eigenvalue weighted by Crippen LogP contribution is 2.21. The zero-order valence-electron chi connectivity index (χ0n) is 16.4. The maximum atomic E-state index is 4.90. The maximum absolute atomic E-state index is 4.90. The molecular formula is C18H38IN5S. The summed E-state index contributed by atoms with van der Waals surface area (Å²) < 4.78 is 0. The van der Waals surface area contributed by atoms with Crippen LogP contribution in [0.15, 0.2) is 4.99 Å². The SMILES string of the molecule is CCNC(=NCCCCN1CCN(C)CC1)N1CCSC(CC)C1.I. The monoisotopic (exact) mass is 483 g/mol. The molecule has 2 aliphatic rings. The molecule has 2 aliphatic heterocycles. The second kappa shape index (κ2) is 13.4. The van der Waals surface area contributed by atoms with Crippen molar-refractivity contribution < 1.29 is 0 Å². The van der Waals surface area contributed by atoms with E-state index in [1.54, 1.807) is 0 Å². The lowest BCUT2D eigenvalue weighted by atomic mass is 10.2. The minimum absolute atomic E-state index is 0. The van der Waals surface area contributed by atoms with Crippen LogP contribution in [0.25, 0.3) is 0 Å². The van der Waals surface area contributed by atoms with E-state index in [0.29, 0.717) is 0 Å². The van der Waals surface area contributed by atoms with Crippen molar-refractivity contribution in [3.8, 4) is 0 Å². The molecule has 5 nitrogen and oxygen atoms in total. The van der Waals surface area contributed by atoms with E-state index in [0.717, 1.165) is 37.4 Å². The Kier molecular flexibility index (Phi) is 12.5. The summed E-state index contributed by atoms with van der Waals surface area (Å²) in [5, 5.41) is 4.26. The van der Waals surface area contributed by atoms with E-state index in [1.165, 1.54) is 57.7 Å². The van der Waals surface area contributed by atoms with Gasteiger partial charge in [0, 0.05) is 63.4 Å². The van der Waals surface area contributed by atoms with Crippen LogP contribution in [0.2, 0.25) is 0 Å². The van der Waals surface area contributed by atoms with E-state index in [-0.39, 0.29) is 24.0 Å². The van der Waals surface area contributed by atoms with Gasteiger partial charge >= 0.3 is 0 Å². The number of likely N-dealkylation sites (N-methyl/N-ethyl adjacent to an activating group) is 1. The number of hydrogen-bond donors (Lipinski definition) is 1. The summed E-state index contributed by atoms with van der Waals surface area (Å²) in [7, 11) is 2.22. The fourth-order valence-electron chi connectivity index (χ4n) is 3.29. The lowest BCUT2D eigenvalue weighted by molar-refractivity contribution is 0.152. The van der Waals surface area contributed by atoms with Crippen LogP contribution in [0, 0.1) is 0 Å². The first-order valence-corrected chi connectivity index (χ1v) is 10.8. The minimum atomic E-state index is 0. The third-order valence-electron chi connectivity index (χ3n) is 4.97. The van der Waals surface area contributed by atoms with E-state index >= 15 is 0 Å². The zero-order valence-corrected chi connectivity index (χ0v) is 19.5. The highest BCUT2D eigenvalue weighted by atomic mass is 127. The predicted octanol–water partition coefficient (Wildman–Crippen LogP) is 2.42. The van der Waals surface area contributed by atoms with Gasteiger partial charge in [0.15, 0.2) is 5.96 Å². The molecule has 1 unspecified atom stereocenters. The zero-order chi connectivity index (χ0) is 17.2. The lowest BCUT2D eigenvalue weighted by Crippen LogP contribution is -2.48. The molecule has 2 rings (SSSR count). The minimum Gasteiger partial charge on any atom is -0.357 e. The maximum Gasteiger partial charge on any atom is 0.193 e. The molecule has 7 heteroatoms. The summed E-state index contributed by atoms with van der Waals surface area (Å²) in [6.45, 7) is 14.8. The van der Waals surface area contributed by atoms with Gasteiger partial charge in [-0.25, -0.2) is 0 Å². The third-order valence-corrected chi connectivity index (χ3v) is 6.34. The van der Waals surface area contributed by atoms with Crippen LogP contribution in [0.1, 0.15) is 33.1 Å². The van der Waals surface area contributed by atoms with E-state index < -0.39 is 0 Å². The van der Waals surface area contributed by atoms with Gasteiger partial charge in [-0.3, -0.25) is 4.99 Å². The van der Waals surface area contributed by atoms with Crippen molar-refractivity contribution >= 4 is 41.7 Å². The molecule has 0 aromatic carbocycles. The number of thioether (sulfide) groups is 1. The van der Waals surface area contributed by atoms with Crippen molar-refractivity contribution in [2.24, 2.45) is 4.99 Å². The molecule has 25 heavy (non-hydrogen) atoms. The number of aliphatic imine (C=N–C) groups is 1. The fourth-order valence-corrected chi connectivity index (χ4v) is 4.47. The number of nitrogens with zero attached hydrogens (tertiary/aromatic N) is 4. The summed E-state index contributed by atoms with van der Waals surface area (Å²) in [6, 6.07) is 0. The molecule has 0 spiro atoms. The summed E-state index contributed by atoms with van der Waals surface area (Å²) in [5.41, 5.74) is 0. The van der Waals surface area contributed by atoms with E-state index in [2.05, 4.69) is 52.7 Å². The van der Waals surface area contributed by atoms with Crippen LogP contribution in [0.4, 0.5) is 0 Å². The highest BCUT2D eigenvalue weighted by Gasteiger charge is 2.21. The molecule has 0 amide bonds. The molecule has 0 bridgehead atoms. The Morgan fingerprint density at radius 3 is 2.56 bits per heavy atom. The number of halogens is 1. The summed E-state index contributed by atoms with van der Waals surface area (Å²) in [5.74, 6) is 2.36. The molecule has 2 fully saturated rings. The molecule has 148 valence electrons. The molecule has 0 aromatic rings. The molecule has 2 heterocycles. The average Bonchev–Trinajstić information content (AvgIpc) is 2.62. The molecule has 0 aliphatic carbocycles. The van der Waals surface area contributed by atoms with Crippen molar-refractivity contribution in [1.82, 2.24) is 20.0 Å². The third kappa shape index (κ3) is 8.67. The van der Waals surface area contributed by atoms with Crippen molar-refractivity contribution in [3.63, 3.8) is 0 Å². The fraction of sp³-hybridized carbons (Fsp3) is 0.944. The second-order valence-electron chi connectivity index (χ2n) is 6.93. The van der Waals surface area contributed by atoms with E-state index in [4.69, 9.17) is 4.99 Å². The Balaban J connectivity index is 0.00000312. The van der Waals surface area contributed by atoms with Crippen LogP contribution >= 0.6 is 35.7 Å². The molecule has 2 saturated heterocycles. The Labute approximate surface area is 176 Å². The van der Waals surface area contributed by atoms with Gasteiger partial charge in [0.25, 0.3) is 0 Å². The Hall–Kier alpha value is 0.270. The van der Waals surface area contributed by atoms with Gasteiger partial charge in [-0.05, 0) is 39.8 Å². The van der Waals surface area contributed by atoms with Gasteiger partial charge in [-0.1, -0.05) is 6.92 Å². The average molecular weight is 484 g/mol. The summed E-state index contributed by atoms with van der Waals surface area (Å²) in [6.07, 6.45) is 3.71. The number of piperazine rings is 1. The van der Waals surface area contributed by atoms with Crippen molar-refractivity contribution in [2.75, 3.05) is 71.7 Å². The number of rotatable bonds is 7. The predicted molar refractivity (Wildman–Crippen MR) is 123 cm³/mol. The largest absolute Gasteiger partial charge is 0.357 e. The van der Waals surface area contributed by atoms with Crippen LogP contribution in [0.5, 0.6) is 0 Å². The number of guanidine groups is 1. The number of unbranched alkanes of at least 4 members (excludes halogenated alkanes) is 1. The molecule has 0 radical (unpaired) electrons. The first kappa shape index (κ1) is 23.3. The van der Waals surface area contributed by atoms with Crippen LogP contribution in [-0.2, 0) is 0 Å². The Morgan fingerprint density at radius 1 is 1.12 bits per heavy atom. The Bertz CT molecular complexity index is 374. The molecule has 0 aromatic heterocycles. The van der Waals surface area contributed by atoms with Gasteiger partial charge in [-0.15, -0.1) is 24.0 Å². The van der Waals surface area contributed by atoms with Crippen molar-refractivity contribution in [3.05, 3.63) is 0 Å². The smallest absolute Gasteiger partial charge is 0.193 e. The van der Waals surface area contributed by atoms with Crippen molar-refractivity contribution in [1.29, 1.82) is 0 Å². The molecular weight excluding hydrogens is 445 g/mol. The van der Waals surface area contributed by atoms with Gasteiger partial charge in [0.05, 0.1) is 0 Å². The number of hydrogen-bond acceptors (Lipinski definition) is 4. The summed E-state index contributed by atoms with van der Waals surface area (Å²) >= 11 is 2.12. The van der Waals surface area contributed by atoms with Gasteiger partial charge in [-0.2, -0.15) is 11.8 Å². The van der Waals surface area contributed by atoms with E-state index in [1.807, 2.05) is 0 Å². The second-order valence-corrected chi connectivity index (χ2v) is 8.34. The number of nitrogens with one attached hydrogen (secondary N) is 1. The van der Waals surface area contributed by atoms with E-state index in [9.17, 15) is 0 Å². The highest BCUT2D eigenvalue weighted by molar-refractivity contribution is 14.0. The van der Waals surface area contributed by atoms with Crippen LogP contribution in [0.3, 0.4) is 0 Å². The normalized spacial score (nSPS) is 23.4. The van der Waals surface area contributed by atoms with Crippen LogP contribution < -0.4 is 5.32 Å². The lowest BCUT2D eigenvalue weighted by Gasteiger charge is -2.34. The Morgan fingerprint density at radius 2 is 1.88 bits per heavy atom. The first-order chi connectivity index (χ1) is 11.7.